The van der Waals surface area contributed by atoms with Crippen molar-refractivity contribution in [2.24, 2.45) is 5.73 Å². The van der Waals surface area contributed by atoms with Gasteiger partial charge in [-0.3, -0.25) is 0 Å². The van der Waals surface area contributed by atoms with Crippen LogP contribution in [0.25, 0.3) is 0 Å². The van der Waals surface area contributed by atoms with Gasteiger partial charge in [0.05, 0.1) is 0 Å². The fourth-order valence-electron chi connectivity index (χ4n) is 0.929. The number of hydrogen-bond acceptors (Lipinski definition) is 2. The minimum absolute atomic E-state index is 0.119. The van der Waals surface area contributed by atoms with Crippen LogP contribution >= 0.6 is 0 Å². The van der Waals surface area contributed by atoms with Crippen LogP contribution in [-0.2, 0) is 0 Å². The van der Waals surface area contributed by atoms with E-state index in [4.69, 9.17) is 10.5 Å². The highest BCUT2D eigenvalue weighted by atomic mass is 19.1. The zero-order chi connectivity index (χ0) is 10.6. The second kappa shape index (κ2) is 4.91. The van der Waals surface area contributed by atoms with E-state index >= 15 is 0 Å². The van der Waals surface area contributed by atoms with Crippen LogP contribution in [0, 0.1) is 11.6 Å². The third kappa shape index (κ3) is 2.67. The van der Waals surface area contributed by atoms with E-state index in [1.54, 1.807) is 0 Å². The van der Waals surface area contributed by atoms with E-state index < -0.39 is 11.6 Å². The van der Waals surface area contributed by atoms with Gasteiger partial charge in [0.25, 0.3) is 0 Å². The molecule has 0 saturated heterocycles. The molecule has 2 N–H and O–H groups in total. The largest absolute Gasteiger partial charge is 0.486 e. The van der Waals surface area contributed by atoms with Crippen LogP contribution in [0.4, 0.5) is 8.78 Å². The van der Waals surface area contributed by atoms with Crippen molar-refractivity contribution in [2.45, 2.75) is 19.4 Å². The summed E-state index contributed by atoms with van der Waals surface area (Å²) in [6, 6.07) is 3.39. The Balaban J connectivity index is 2.66. The lowest BCUT2D eigenvalue weighted by Gasteiger charge is -2.11. The van der Waals surface area contributed by atoms with Gasteiger partial charge in [0.1, 0.15) is 6.61 Å². The van der Waals surface area contributed by atoms with Crippen molar-refractivity contribution in [1.82, 2.24) is 0 Å². The van der Waals surface area contributed by atoms with Crippen molar-refractivity contribution in [1.29, 1.82) is 0 Å². The molecule has 0 spiro atoms. The highest BCUT2D eigenvalue weighted by Gasteiger charge is 2.10. The molecular formula is C10H13F2NO. The summed E-state index contributed by atoms with van der Waals surface area (Å²) < 4.78 is 30.9. The van der Waals surface area contributed by atoms with E-state index in [0.717, 1.165) is 12.1 Å². The molecular weight excluding hydrogens is 188 g/mol. The van der Waals surface area contributed by atoms with Crippen LogP contribution in [0.2, 0.25) is 0 Å². The molecule has 0 aliphatic rings. The molecule has 0 aliphatic carbocycles. The van der Waals surface area contributed by atoms with Crippen molar-refractivity contribution >= 4 is 0 Å². The first-order valence-electron chi connectivity index (χ1n) is 4.47. The Morgan fingerprint density at radius 1 is 1.36 bits per heavy atom. The molecule has 0 fully saturated rings. The maximum Gasteiger partial charge on any atom is 0.190 e. The topological polar surface area (TPSA) is 35.2 Å². The number of ether oxygens (including phenoxy) is 1. The van der Waals surface area contributed by atoms with Gasteiger partial charge in [0.2, 0.25) is 0 Å². The number of hydrogen-bond donors (Lipinski definition) is 1. The van der Waals surface area contributed by atoms with E-state index in [0.29, 0.717) is 6.42 Å². The van der Waals surface area contributed by atoms with Gasteiger partial charge in [-0.05, 0) is 18.6 Å². The smallest absolute Gasteiger partial charge is 0.190 e. The Morgan fingerprint density at radius 3 is 2.43 bits per heavy atom. The fraction of sp³-hybridized carbons (Fsp3) is 0.400. The molecule has 4 heteroatoms. The molecule has 78 valence electrons. The summed E-state index contributed by atoms with van der Waals surface area (Å²) in [4.78, 5) is 0. The maximum atomic E-state index is 13.0. The first-order valence-corrected chi connectivity index (χ1v) is 4.47. The van der Waals surface area contributed by atoms with Gasteiger partial charge in [0.15, 0.2) is 17.4 Å². The van der Waals surface area contributed by atoms with E-state index in [1.807, 2.05) is 6.92 Å². The van der Waals surface area contributed by atoms with Gasteiger partial charge in [0, 0.05) is 6.04 Å². The highest BCUT2D eigenvalue weighted by Crippen LogP contribution is 2.20. The molecule has 14 heavy (non-hydrogen) atoms. The van der Waals surface area contributed by atoms with Crippen molar-refractivity contribution in [3.05, 3.63) is 29.8 Å². The third-order valence-corrected chi connectivity index (χ3v) is 1.89. The molecule has 0 bridgehead atoms. The zero-order valence-corrected chi connectivity index (χ0v) is 7.97. The zero-order valence-electron chi connectivity index (χ0n) is 7.97. The Hall–Kier alpha value is -1.16. The predicted molar refractivity (Wildman–Crippen MR) is 50.1 cm³/mol. The second-order valence-corrected chi connectivity index (χ2v) is 3.03. The van der Waals surface area contributed by atoms with Crippen molar-refractivity contribution in [3.63, 3.8) is 0 Å². The number of benzene rings is 1. The summed E-state index contributed by atoms with van der Waals surface area (Å²) in [6.07, 6.45) is 0.704. The molecule has 1 atom stereocenters. The van der Waals surface area contributed by atoms with Crippen LogP contribution in [0.15, 0.2) is 18.2 Å². The number of nitrogens with two attached hydrogens (primary N) is 1. The Morgan fingerprint density at radius 2 is 1.93 bits per heavy atom. The first-order chi connectivity index (χ1) is 6.65. The quantitative estimate of drug-likeness (QED) is 0.809. The molecule has 0 radical (unpaired) electrons. The summed E-state index contributed by atoms with van der Waals surface area (Å²) in [5.74, 6) is -1.75. The van der Waals surface area contributed by atoms with E-state index in [2.05, 4.69) is 0 Å². The Kier molecular flexibility index (Phi) is 3.83. The molecule has 1 aromatic rings. The summed E-state index contributed by atoms with van der Waals surface area (Å²) >= 11 is 0. The van der Waals surface area contributed by atoms with Crippen LogP contribution in [-0.4, -0.2) is 12.6 Å². The fourth-order valence-corrected chi connectivity index (χ4v) is 0.929. The van der Waals surface area contributed by atoms with Gasteiger partial charge in [-0.25, -0.2) is 8.78 Å². The van der Waals surface area contributed by atoms with Crippen LogP contribution in [0.1, 0.15) is 13.3 Å². The van der Waals surface area contributed by atoms with E-state index in [1.165, 1.54) is 6.07 Å². The number of halogens is 2. The average Bonchev–Trinajstić information content (AvgIpc) is 2.16. The summed E-state index contributed by atoms with van der Waals surface area (Å²) in [6.45, 7) is 2.00. The predicted octanol–water partition coefficient (Wildman–Crippen LogP) is 2.08. The lowest BCUT2D eigenvalue weighted by molar-refractivity contribution is 0.259. The van der Waals surface area contributed by atoms with Crippen LogP contribution in [0.5, 0.6) is 5.75 Å². The van der Waals surface area contributed by atoms with Crippen LogP contribution in [0.3, 0.4) is 0 Å². The standard InChI is InChI=1S/C10H13F2NO/c1-2-7(13)6-14-10-8(11)4-3-5-9(10)12/h3-5,7H,2,6,13H2,1H3. The van der Waals surface area contributed by atoms with E-state index in [-0.39, 0.29) is 18.4 Å². The van der Waals surface area contributed by atoms with Gasteiger partial charge >= 0.3 is 0 Å². The minimum atomic E-state index is -0.701. The van der Waals surface area contributed by atoms with E-state index in [9.17, 15) is 8.78 Å². The lowest BCUT2D eigenvalue weighted by atomic mass is 10.2. The molecule has 1 aromatic carbocycles. The summed E-state index contributed by atoms with van der Waals surface area (Å²) in [5, 5.41) is 0. The molecule has 0 aromatic heterocycles. The summed E-state index contributed by atoms with van der Waals surface area (Å²) in [5.41, 5.74) is 5.55. The molecule has 1 unspecified atom stereocenters. The maximum absolute atomic E-state index is 13.0. The lowest BCUT2D eigenvalue weighted by Crippen LogP contribution is -2.27. The van der Waals surface area contributed by atoms with Gasteiger partial charge < -0.3 is 10.5 Å². The second-order valence-electron chi connectivity index (χ2n) is 3.03. The highest BCUT2D eigenvalue weighted by molar-refractivity contribution is 5.25. The van der Waals surface area contributed by atoms with Crippen molar-refractivity contribution in [2.75, 3.05) is 6.61 Å². The molecule has 0 saturated carbocycles. The van der Waals surface area contributed by atoms with Gasteiger partial charge in [-0.1, -0.05) is 13.0 Å². The molecule has 0 aliphatic heterocycles. The van der Waals surface area contributed by atoms with Crippen molar-refractivity contribution < 1.29 is 13.5 Å². The molecule has 0 heterocycles. The first kappa shape index (κ1) is 10.9. The number of rotatable bonds is 4. The average molecular weight is 201 g/mol. The molecule has 2 nitrogen and oxygen atoms in total. The monoisotopic (exact) mass is 201 g/mol. The normalized spacial score (nSPS) is 12.6. The third-order valence-electron chi connectivity index (χ3n) is 1.89. The van der Waals surface area contributed by atoms with Crippen molar-refractivity contribution in [3.8, 4) is 5.75 Å². The SMILES string of the molecule is CCC(N)COc1c(F)cccc1F. The minimum Gasteiger partial charge on any atom is -0.486 e. The number of para-hydroxylation sites is 1. The van der Waals surface area contributed by atoms with Gasteiger partial charge in [-0.2, -0.15) is 0 Å². The summed E-state index contributed by atoms with van der Waals surface area (Å²) in [7, 11) is 0. The molecule has 1 rings (SSSR count). The Labute approximate surface area is 81.7 Å². The molecule has 0 amide bonds. The van der Waals surface area contributed by atoms with Gasteiger partial charge in [-0.15, -0.1) is 0 Å². The Bertz CT molecular complexity index is 284. The van der Waals surface area contributed by atoms with Crippen LogP contribution < -0.4 is 10.5 Å².